The van der Waals surface area contributed by atoms with Gasteiger partial charge in [0.2, 0.25) is 0 Å². The van der Waals surface area contributed by atoms with Gasteiger partial charge in [-0.1, -0.05) is 13.3 Å². The first-order valence-electron chi connectivity index (χ1n) is 7.23. The van der Waals surface area contributed by atoms with Crippen molar-refractivity contribution in [1.82, 2.24) is 14.9 Å². The normalized spacial score (nSPS) is 19.3. The zero-order valence-electron chi connectivity index (χ0n) is 11.6. The van der Waals surface area contributed by atoms with E-state index in [1.807, 2.05) is 6.92 Å². The van der Waals surface area contributed by atoms with Crippen LogP contribution in [0.3, 0.4) is 0 Å². The molecule has 1 saturated heterocycles. The smallest absolute Gasteiger partial charge is 0.313 e. The Bertz CT molecular complexity index is 439. The Balaban J connectivity index is 1.85. The van der Waals surface area contributed by atoms with Crippen LogP contribution in [0.2, 0.25) is 0 Å². The molecule has 1 aromatic rings. The van der Waals surface area contributed by atoms with Gasteiger partial charge < -0.3 is 14.6 Å². The molecular weight excluding hydrogens is 242 g/mol. The Morgan fingerprint density at radius 1 is 1.53 bits per heavy atom. The van der Waals surface area contributed by atoms with Crippen LogP contribution in [-0.2, 0) is 6.54 Å². The minimum absolute atomic E-state index is 0.124. The molecule has 1 aliphatic rings. The summed E-state index contributed by atoms with van der Waals surface area (Å²) in [7, 11) is 0. The number of rotatable bonds is 6. The highest BCUT2D eigenvalue weighted by Gasteiger charge is 2.13. The number of piperidine rings is 1. The average Bonchev–Trinajstić information content (AvgIpc) is 2.44. The molecule has 0 saturated carbocycles. The molecule has 2 heterocycles. The lowest BCUT2D eigenvalue weighted by Gasteiger charge is -2.23. The maximum Gasteiger partial charge on any atom is 0.313 e. The summed E-state index contributed by atoms with van der Waals surface area (Å²) in [6, 6.07) is 0.523. The van der Waals surface area contributed by atoms with Crippen LogP contribution < -0.4 is 15.6 Å². The van der Waals surface area contributed by atoms with Crippen LogP contribution in [0, 0.1) is 0 Å². The molecule has 5 heteroatoms. The number of aromatic nitrogens is 2. The molecule has 0 bridgehead atoms. The predicted octanol–water partition coefficient (Wildman–Crippen LogP) is 1.56. The molecule has 5 nitrogen and oxygen atoms in total. The van der Waals surface area contributed by atoms with Gasteiger partial charge in [-0.2, -0.15) is 0 Å². The standard InChI is InChI=1S/C14H23N3O2/c1-2-9-17-10-8-16-13(14(17)18)19-11-6-12-5-3-4-7-15-12/h8,10,12,15H,2-7,9,11H2,1H3. The fourth-order valence-electron chi connectivity index (χ4n) is 2.41. The van der Waals surface area contributed by atoms with E-state index in [0.29, 0.717) is 19.2 Å². The number of ether oxygens (including phenoxy) is 1. The van der Waals surface area contributed by atoms with Crippen molar-refractivity contribution in [3.05, 3.63) is 22.7 Å². The van der Waals surface area contributed by atoms with E-state index >= 15 is 0 Å². The van der Waals surface area contributed by atoms with Crippen LogP contribution in [0.4, 0.5) is 0 Å². The van der Waals surface area contributed by atoms with Crippen molar-refractivity contribution in [1.29, 1.82) is 0 Å². The summed E-state index contributed by atoms with van der Waals surface area (Å²) >= 11 is 0. The van der Waals surface area contributed by atoms with Crippen LogP contribution in [0.5, 0.6) is 5.88 Å². The third kappa shape index (κ3) is 4.06. The van der Waals surface area contributed by atoms with Crippen molar-refractivity contribution in [3.63, 3.8) is 0 Å². The lowest BCUT2D eigenvalue weighted by Crippen LogP contribution is -2.35. The monoisotopic (exact) mass is 265 g/mol. The molecule has 0 radical (unpaired) electrons. The van der Waals surface area contributed by atoms with Gasteiger partial charge in [0, 0.05) is 25.0 Å². The number of nitrogens with zero attached hydrogens (tertiary/aromatic N) is 2. The highest BCUT2D eigenvalue weighted by atomic mass is 16.5. The van der Waals surface area contributed by atoms with Crippen LogP contribution >= 0.6 is 0 Å². The third-order valence-corrected chi connectivity index (χ3v) is 3.46. The Morgan fingerprint density at radius 3 is 3.16 bits per heavy atom. The number of hydrogen-bond acceptors (Lipinski definition) is 4. The van der Waals surface area contributed by atoms with E-state index in [-0.39, 0.29) is 11.4 Å². The zero-order valence-corrected chi connectivity index (χ0v) is 11.6. The summed E-state index contributed by atoms with van der Waals surface area (Å²) in [5, 5.41) is 3.47. The van der Waals surface area contributed by atoms with E-state index in [2.05, 4.69) is 10.3 Å². The maximum atomic E-state index is 12.0. The van der Waals surface area contributed by atoms with Gasteiger partial charge in [0.1, 0.15) is 0 Å². The molecule has 19 heavy (non-hydrogen) atoms. The molecule has 0 amide bonds. The van der Waals surface area contributed by atoms with Gasteiger partial charge in [0.05, 0.1) is 6.61 Å². The minimum Gasteiger partial charge on any atom is -0.474 e. The van der Waals surface area contributed by atoms with Crippen LogP contribution in [0.1, 0.15) is 39.0 Å². The second-order valence-electron chi connectivity index (χ2n) is 5.01. The van der Waals surface area contributed by atoms with Crippen LogP contribution in [-0.4, -0.2) is 28.7 Å². The zero-order chi connectivity index (χ0) is 13.5. The summed E-state index contributed by atoms with van der Waals surface area (Å²) in [5.74, 6) is 0.228. The minimum atomic E-state index is -0.124. The Morgan fingerprint density at radius 2 is 2.42 bits per heavy atom. The molecule has 1 aromatic heterocycles. The van der Waals surface area contributed by atoms with E-state index in [0.717, 1.165) is 19.4 Å². The lowest BCUT2D eigenvalue weighted by atomic mass is 10.0. The van der Waals surface area contributed by atoms with Crippen molar-refractivity contribution in [3.8, 4) is 5.88 Å². The SMILES string of the molecule is CCCn1ccnc(OCCC2CCCCN2)c1=O. The lowest BCUT2D eigenvalue weighted by molar-refractivity contribution is 0.255. The quantitative estimate of drug-likeness (QED) is 0.848. The van der Waals surface area contributed by atoms with E-state index < -0.39 is 0 Å². The molecule has 1 N–H and O–H groups in total. The summed E-state index contributed by atoms with van der Waals surface area (Å²) in [6.07, 6.45) is 8.95. The molecular formula is C14H23N3O2. The predicted molar refractivity (Wildman–Crippen MR) is 74.5 cm³/mol. The highest BCUT2D eigenvalue weighted by molar-refractivity contribution is 5.04. The maximum absolute atomic E-state index is 12.0. The summed E-state index contributed by atoms with van der Waals surface area (Å²) < 4.78 is 7.20. The molecule has 0 aliphatic carbocycles. The van der Waals surface area contributed by atoms with E-state index in [9.17, 15) is 4.79 Å². The van der Waals surface area contributed by atoms with Gasteiger partial charge in [0.15, 0.2) is 0 Å². The number of aryl methyl sites for hydroxylation is 1. The van der Waals surface area contributed by atoms with Crippen molar-refractivity contribution < 1.29 is 4.74 Å². The van der Waals surface area contributed by atoms with E-state index in [4.69, 9.17) is 4.74 Å². The Hall–Kier alpha value is -1.36. The van der Waals surface area contributed by atoms with Crippen LogP contribution in [0.15, 0.2) is 17.2 Å². The van der Waals surface area contributed by atoms with Crippen molar-refractivity contribution >= 4 is 0 Å². The molecule has 0 spiro atoms. The second kappa shape index (κ2) is 7.28. The molecule has 1 unspecified atom stereocenters. The molecule has 1 fully saturated rings. The summed E-state index contributed by atoms with van der Waals surface area (Å²) in [4.78, 5) is 16.0. The molecule has 2 rings (SSSR count). The fourth-order valence-corrected chi connectivity index (χ4v) is 2.41. The van der Waals surface area contributed by atoms with Gasteiger partial charge in [-0.25, -0.2) is 4.98 Å². The third-order valence-electron chi connectivity index (χ3n) is 3.46. The van der Waals surface area contributed by atoms with E-state index in [1.54, 1.807) is 17.0 Å². The summed E-state index contributed by atoms with van der Waals surface area (Å²) in [6.45, 7) is 4.40. The van der Waals surface area contributed by atoms with Gasteiger partial charge >= 0.3 is 5.56 Å². The van der Waals surface area contributed by atoms with Crippen molar-refractivity contribution in [2.75, 3.05) is 13.2 Å². The largest absolute Gasteiger partial charge is 0.474 e. The van der Waals surface area contributed by atoms with E-state index in [1.165, 1.54) is 19.3 Å². The highest BCUT2D eigenvalue weighted by Crippen LogP contribution is 2.10. The number of nitrogens with one attached hydrogen (secondary N) is 1. The summed E-state index contributed by atoms with van der Waals surface area (Å²) in [5.41, 5.74) is -0.124. The number of hydrogen-bond donors (Lipinski definition) is 1. The van der Waals surface area contributed by atoms with Gasteiger partial charge in [-0.3, -0.25) is 4.79 Å². The first-order chi connectivity index (χ1) is 9.31. The topological polar surface area (TPSA) is 56.1 Å². The fraction of sp³-hybridized carbons (Fsp3) is 0.714. The average molecular weight is 265 g/mol. The molecule has 0 aromatic carbocycles. The Kier molecular flexibility index (Phi) is 5.39. The van der Waals surface area contributed by atoms with Crippen molar-refractivity contribution in [2.45, 2.75) is 51.6 Å². The van der Waals surface area contributed by atoms with Crippen molar-refractivity contribution in [2.24, 2.45) is 0 Å². The van der Waals surface area contributed by atoms with Gasteiger partial charge in [0.25, 0.3) is 5.88 Å². The molecule has 106 valence electrons. The first kappa shape index (κ1) is 14.1. The first-order valence-corrected chi connectivity index (χ1v) is 7.23. The Labute approximate surface area is 114 Å². The second-order valence-corrected chi connectivity index (χ2v) is 5.01. The van der Waals surface area contributed by atoms with Crippen LogP contribution in [0.25, 0.3) is 0 Å². The van der Waals surface area contributed by atoms with Gasteiger partial charge in [-0.05, 0) is 32.2 Å². The molecule has 1 aliphatic heterocycles. The molecule has 1 atom stereocenters. The van der Waals surface area contributed by atoms with Gasteiger partial charge in [-0.15, -0.1) is 0 Å².